The van der Waals surface area contributed by atoms with E-state index in [9.17, 15) is 5.11 Å². The van der Waals surface area contributed by atoms with Gasteiger partial charge in [0.05, 0.1) is 5.60 Å². The Morgan fingerprint density at radius 1 is 1.44 bits per heavy atom. The molecule has 0 aromatic heterocycles. The first-order valence-corrected chi connectivity index (χ1v) is 6.63. The van der Waals surface area contributed by atoms with E-state index in [2.05, 4.69) is 21.2 Å². The molecule has 0 saturated heterocycles. The van der Waals surface area contributed by atoms with Crippen molar-refractivity contribution in [3.63, 3.8) is 0 Å². The van der Waals surface area contributed by atoms with Crippen molar-refractivity contribution < 1.29 is 5.11 Å². The summed E-state index contributed by atoms with van der Waals surface area (Å²) in [6.45, 7) is 1.42. The molecule has 0 unspecified atom stereocenters. The second kappa shape index (κ2) is 5.05. The van der Waals surface area contributed by atoms with Crippen molar-refractivity contribution in [1.82, 2.24) is 5.32 Å². The predicted octanol–water partition coefficient (Wildman–Crippen LogP) is 3.11. The molecular weight excluding hydrogens is 289 g/mol. The van der Waals surface area contributed by atoms with Gasteiger partial charge in [-0.25, -0.2) is 0 Å². The van der Waals surface area contributed by atoms with Crippen LogP contribution in [0.25, 0.3) is 0 Å². The van der Waals surface area contributed by atoms with Crippen LogP contribution < -0.4 is 5.32 Å². The first-order valence-electron chi connectivity index (χ1n) is 5.46. The van der Waals surface area contributed by atoms with E-state index in [0.717, 1.165) is 40.9 Å². The van der Waals surface area contributed by atoms with Crippen LogP contribution in [-0.4, -0.2) is 17.3 Å². The van der Waals surface area contributed by atoms with Gasteiger partial charge in [0, 0.05) is 22.6 Å². The fourth-order valence-electron chi connectivity index (χ4n) is 1.86. The van der Waals surface area contributed by atoms with Crippen LogP contribution in [0.4, 0.5) is 0 Å². The maximum absolute atomic E-state index is 9.91. The van der Waals surface area contributed by atoms with E-state index in [-0.39, 0.29) is 0 Å². The fraction of sp³-hybridized carbons (Fsp3) is 0.500. The molecule has 0 bridgehead atoms. The van der Waals surface area contributed by atoms with Crippen molar-refractivity contribution in [1.29, 1.82) is 0 Å². The summed E-state index contributed by atoms with van der Waals surface area (Å²) in [5.74, 6) is 0. The third-order valence-electron chi connectivity index (χ3n) is 3.07. The largest absolute Gasteiger partial charge is 0.389 e. The molecule has 0 spiro atoms. The van der Waals surface area contributed by atoms with Crippen LogP contribution in [0.1, 0.15) is 24.8 Å². The van der Waals surface area contributed by atoms with Crippen molar-refractivity contribution in [2.45, 2.75) is 31.4 Å². The molecule has 1 aliphatic rings. The van der Waals surface area contributed by atoms with Gasteiger partial charge in [0.25, 0.3) is 0 Å². The monoisotopic (exact) mass is 303 g/mol. The minimum Gasteiger partial charge on any atom is -0.389 e. The van der Waals surface area contributed by atoms with E-state index >= 15 is 0 Å². The number of nitrogens with one attached hydrogen (secondary N) is 1. The Labute approximate surface area is 109 Å². The zero-order valence-corrected chi connectivity index (χ0v) is 11.3. The maximum atomic E-state index is 9.91. The molecule has 1 aliphatic carbocycles. The van der Waals surface area contributed by atoms with Crippen molar-refractivity contribution in [2.75, 3.05) is 6.54 Å². The SMILES string of the molecule is OC1(CNCc2ccc(Cl)cc2Br)CCC1. The normalized spacial score (nSPS) is 18.2. The number of hydrogen-bond acceptors (Lipinski definition) is 2. The minimum atomic E-state index is -0.459. The van der Waals surface area contributed by atoms with E-state index in [0.29, 0.717) is 6.54 Å². The Bertz CT molecular complexity index is 379. The van der Waals surface area contributed by atoms with Gasteiger partial charge in [-0.1, -0.05) is 33.6 Å². The zero-order chi connectivity index (χ0) is 11.6. The molecule has 16 heavy (non-hydrogen) atoms. The lowest BCUT2D eigenvalue weighted by molar-refractivity contribution is -0.0314. The summed E-state index contributed by atoms with van der Waals surface area (Å²) in [6.07, 6.45) is 2.98. The van der Waals surface area contributed by atoms with E-state index in [1.165, 1.54) is 0 Å². The molecule has 0 atom stereocenters. The number of benzene rings is 1. The van der Waals surface area contributed by atoms with Crippen LogP contribution in [-0.2, 0) is 6.54 Å². The van der Waals surface area contributed by atoms with Crippen LogP contribution in [0.15, 0.2) is 22.7 Å². The van der Waals surface area contributed by atoms with Gasteiger partial charge >= 0.3 is 0 Å². The lowest BCUT2D eigenvalue weighted by Gasteiger charge is -2.36. The highest BCUT2D eigenvalue weighted by atomic mass is 79.9. The molecular formula is C12H15BrClNO. The van der Waals surface area contributed by atoms with Crippen LogP contribution >= 0.6 is 27.5 Å². The fourth-order valence-corrected chi connectivity index (χ4v) is 2.68. The van der Waals surface area contributed by atoms with Crippen LogP contribution in [0.2, 0.25) is 5.02 Å². The number of rotatable bonds is 4. The van der Waals surface area contributed by atoms with Gasteiger partial charge in [0.15, 0.2) is 0 Å². The van der Waals surface area contributed by atoms with Gasteiger partial charge < -0.3 is 10.4 Å². The lowest BCUT2D eigenvalue weighted by atomic mass is 9.80. The van der Waals surface area contributed by atoms with E-state index in [4.69, 9.17) is 11.6 Å². The van der Waals surface area contributed by atoms with Crippen molar-refractivity contribution >= 4 is 27.5 Å². The summed E-state index contributed by atoms with van der Waals surface area (Å²) < 4.78 is 1.01. The van der Waals surface area contributed by atoms with Crippen LogP contribution in [0, 0.1) is 0 Å². The summed E-state index contributed by atoms with van der Waals surface area (Å²) in [7, 11) is 0. The second-order valence-electron chi connectivity index (χ2n) is 4.42. The van der Waals surface area contributed by atoms with Crippen molar-refractivity contribution in [2.24, 2.45) is 0 Å². The van der Waals surface area contributed by atoms with Crippen molar-refractivity contribution in [3.05, 3.63) is 33.3 Å². The highest BCUT2D eigenvalue weighted by Gasteiger charge is 2.33. The third kappa shape index (κ3) is 2.98. The Balaban J connectivity index is 1.85. The summed E-state index contributed by atoms with van der Waals surface area (Å²) in [5.41, 5.74) is 0.700. The van der Waals surface area contributed by atoms with Crippen LogP contribution in [0.5, 0.6) is 0 Å². The molecule has 0 radical (unpaired) electrons. The standard InChI is InChI=1S/C12H15BrClNO/c13-11-6-10(14)3-2-9(11)7-15-8-12(16)4-1-5-12/h2-3,6,15-16H,1,4-5,7-8H2. The summed E-state index contributed by atoms with van der Waals surface area (Å²) >= 11 is 9.34. The lowest BCUT2D eigenvalue weighted by Crippen LogP contribution is -2.46. The molecule has 1 aromatic rings. The Kier molecular flexibility index (Phi) is 3.90. The smallest absolute Gasteiger partial charge is 0.0771 e. The second-order valence-corrected chi connectivity index (χ2v) is 5.71. The third-order valence-corrected chi connectivity index (χ3v) is 4.04. The highest BCUT2D eigenvalue weighted by Crippen LogP contribution is 2.30. The average Bonchev–Trinajstić information content (AvgIpc) is 2.19. The first kappa shape index (κ1) is 12.4. The minimum absolute atomic E-state index is 0.459. The number of hydrogen-bond donors (Lipinski definition) is 2. The van der Waals surface area contributed by atoms with E-state index in [1.807, 2.05) is 18.2 Å². The van der Waals surface area contributed by atoms with Crippen molar-refractivity contribution in [3.8, 4) is 0 Å². The summed E-state index contributed by atoms with van der Waals surface area (Å²) in [5, 5.41) is 13.9. The van der Waals surface area contributed by atoms with E-state index < -0.39 is 5.60 Å². The molecule has 2 N–H and O–H groups in total. The van der Waals surface area contributed by atoms with Gasteiger partial charge in [-0.3, -0.25) is 0 Å². The predicted molar refractivity (Wildman–Crippen MR) is 69.7 cm³/mol. The quantitative estimate of drug-likeness (QED) is 0.896. The molecule has 2 rings (SSSR count). The van der Waals surface area contributed by atoms with Gasteiger partial charge in [-0.15, -0.1) is 0 Å². The molecule has 0 heterocycles. The van der Waals surface area contributed by atoms with Gasteiger partial charge in [0.1, 0.15) is 0 Å². The Morgan fingerprint density at radius 2 is 2.19 bits per heavy atom. The Morgan fingerprint density at radius 3 is 2.75 bits per heavy atom. The zero-order valence-electron chi connectivity index (χ0n) is 8.97. The van der Waals surface area contributed by atoms with E-state index in [1.54, 1.807) is 0 Å². The molecule has 1 saturated carbocycles. The number of aliphatic hydroxyl groups is 1. The maximum Gasteiger partial charge on any atom is 0.0771 e. The van der Waals surface area contributed by atoms with Gasteiger partial charge in [-0.05, 0) is 37.0 Å². The molecule has 2 nitrogen and oxygen atoms in total. The first-order chi connectivity index (χ1) is 7.59. The highest BCUT2D eigenvalue weighted by molar-refractivity contribution is 9.10. The average molecular weight is 305 g/mol. The molecule has 4 heteroatoms. The molecule has 0 aliphatic heterocycles. The van der Waals surface area contributed by atoms with Gasteiger partial charge in [-0.2, -0.15) is 0 Å². The summed E-state index contributed by atoms with van der Waals surface area (Å²) in [4.78, 5) is 0. The van der Waals surface area contributed by atoms with Crippen LogP contribution in [0.3, 0.4) is 0 Å². The summed E-state index contributed by atoms with van der Waals surface area (Å²) in [6, 6.07) is 5.75. The Hall–Kier alpha value is -0.0900. The molecule has 88 valence electrons. The molecule has 1 aromatic carbocycles. The molecule has 0 amide bonds. The van der Waals surface area contributed by atoms with Gasteiger partial charge in [0.2, 0.25) is 0 Å². The molecule has 1 fully saturated rings. The topological polar surface area (TPSA) is 32.3 Å². The number of halogens is 2.